The summed E-state index contributed by atoms with van der Waals surface area (Å²) >= 11 is 1.69. The summed E-state index contributed by atoms with van der Waals surface area (Å²) in [7, 11) is 0. The summed E-state index contributed by atoms with van der Waals surface area (Å²) in [6, 6.07) is 3.65. The molecule has 0 saturated carbocycles. The van der Waals surface area contributed by atoms with Crippen molar-refractivity contribution in [2.24, 2.45) is 5.92 Å². The van der Waals surface area contributed by atoms with Gasteiger partial charge in [-0.25, -0.2) is 14.6 Å². The molecule has 39 heavy (non-hydrogen) atoms. The predicted molar refractivity (Wildman–Crippen MR) is 124 cm³/mol. The number of amides is 1. The lowest BCUT2D eigenvalue weighted by Gasteiger charge is -2.33. The minimum Gasteiger partial charge on any atom is -0.475 e. The minimum absolute atomic E-state index is 0.0657. The summed E-state index contributed by atoms with van der Waals surface area (Å²) in [5.74, 6) is -5.11. The van der Waals surface area contributed by atoms with Crippen LogP contribution in [0.25, 0.3) is 0 Å². The second-order valence-electron chi connectivity index (χ2n) is 8.38. The quantitative estimate of drug-likeness (QED) is 0.457. The Hall–Kier alpha value is -3.31. The van der Waals surface area contributed by atoms with Crippen LogP contribution in [-0.4, -0.2) is 80.6 Å². The number of aliphatic carboxylic acids is 2. The Bertz CT molecular complexity index is 1090. The van der Waals surface area contributed by atoms with Crippen LogP contribution < -0.4 is 5.32 Å². The van der Waals surface area contributed by atoms with Crippen molar-refractivity contribution < 1.29 is 55.7 Å². The number of carbonyl (C=O) groups excluding carboxylic acids is 1. The van der Waals surface area contributed by atoms with Gasteiger partial charge in [-0.3, -0.25) is 14.7 Å². The molecule has 3 N–H and O–H groups in total. The number of hydrogen-bond acceptors (Lipinski definition) is 8. The number of fused-ring (bicyclic) bond motifs is 1. The normalized spacial score (nSPS) is 20.9. The van der Waals surface area contributed by atoms with Gasteiger partial charge in [-0.2, -0.15) is 26.3 Å². The zero-order valence-corrected chi connectivity index (χ0v) is 21.0. The van der Waals surface area contributed by atoms with E-state index >= 15 is 0 Å². The number of halogens is 6. The molecular formula is C22H24F6N4O6S. The number of ether oxygens (including phenoxy) is 1. The third-order valence-corrected chi connectivity index (χ3v) is 6.22. The van der Waals surface area contributed by atoms with Gasteiger partial charge >= 0.3 is 24.3 Å². The fourth-order valence-electron chi connectivity index (χ4n) is 3.68. The molecule has 4 heterocycles. The van der Waals surface area contributed by atoms with Crippen molar-refractivity contribution in [3.63, 3.8) is 0 Å². The number of thiazole rings is 1. The summed E-state index contributed by atoms with van der Waals surface area (Å²) in [6.07, 6.45) is -5.17. The predicted octanol–water partition coefficient (Wildman–Crippen LogP) is 3.73. The topological polar surface area (TPSA) is 142 Å². The first-order valence-corrected chi connectivity index (χ1v) is 12.0. The molecular weight excluding hydrogens is 562 g/mol. The van der Waals surface area contributed by atoms with E-state index in [0.29, 0.717) is 11.6 Å². The number of alkyl halides is 6. The van der Waals surface area contributed by atoms with Gasteiger partial charge in [0.2, 0.25) is 0 Å². The van der Waals surface area contributed by atoms with Gasteiger partial charge in [-0.05, 0) is 44.4 Å². The lowest BCUT2D eigenvalue weighted by atomic mass is 9.91. The van der Waals surface area contributed by atoms with E-state index in [1.165, 1.54) is 0 Å². The highest BCUT2D eigenvalue weighted by Gasteiger charge is 2.42. The van der Waals surface area contributed by atoms with Gasteiger partial charge in [0.15, 0.2) is 0 Å². The lowest BCUT2D eigenvalue weighted by Crippen LogP contribution is -2.42. The molecule has 17 heteroatoms. The Morgan fingerprint density at radius 3 is 2.26 bits per heavy atom. The first kappa shape index (κ1) is 31.9. The molecule has 2 aromatic rings. The van der Waals surface area contributed by atoms with Gasteiger partial charge in [-0.15, -0.1) is 11.3 Å². The van der Waals surface area contributed by atoms with Crippen LogP contribution in [-0.2, 0) is 25.7 Å². The standard InChI is InChI=1S/C18H22N4O2S.2C2HF3O2/c1-12-20-15(11-25-12)9-22-6-4-13-7-16(24-17(13)10-22)18(23)21-14-3-2-5-19-8-14;2*3-2(4,5)1(6)7/h2-3,5,8,11,13,16-17H,4,6-7,9-10H2,1H3,(H,21,23);2*(H,6,7)/t13-,16+,17+;;/m0../s1. The molecule has 2 fully saturated rings. The molecule has 0 radical (unpaired) electrons. The van der Waals surface area contributed by atoms with Crippen molar-refractivity contribution in [1.82, 2.24) is 14.9 Å². The molecule has 2 aliphatic rings. The minimum atomic E-state index is -5.08. The number of aromatic nitrogens is 2. The number of pyridine rings is 1. The smallest absolute Gasteiger partial charge is 0.475 e. The van der Waals surface area contributed by atoms with Crippen LogP contribution in [0.1, 0.15) is 23.5 Å². The number of anilines is 1. The number of carbonyl (C=O) groups is 3. The van der Waals surface area contributed by atoms with E-state index in [0.717, 1.165) is 43.2 Å². The Labute approximate surface area is 221 Å². The lowest BCUT2D eigenvalue weighted by molar-refractivity contribution is -0.193. The maximum absolute atomic E-state index is 12.4. The van der Waals surface area contributed by atoms with Crippen LogP contribution in [0, 0.1) is 12.8 Å². The Morgan fingerprint density at radius 2 is 1.77 bits per heavy atom. The number of carboxylic acid groups (broad SMARTS) is 2. The van der Waals surface area contributed by atoms with Crippen molar-refractivity contribution in [2.45, 2.75) is 50.9 Å². The molecule has 3 atom stereocenters. The van der Waals surface area contributed by atoms with E-state index in [9.17, 15) is 31.1 Å². The maximum atomic E-state index is 12.4. The molecule has 1 amide bonds. The van der Waals surface area contributed by atoms with E-state index in [1.54, 1.807) is 23.7 Å². The van der Waals surface area contributed by atoms with Gasteiger partial charge in [0, 0.05) is 24.7 Å². The molecule has 0 spiro atoms. The molecule has 216 valence electrons. The van der Waals surface area contributed by atoms with Gasteiger partial charge in [0.1, 0.15) is 6.10 Å². The van der Waals surface area contributed by atoms with Crippen molar-refractivity contribution in [3.8, 4) is 0 Å². The van der Waals surface area contributed by atoms with Crippen LogP contribution in [0.15, 0.2) is 29.9 Å². The molecule has 2 aliphatic heterocycles. The highest BCUT2D eigenvalue weighted by molar-refractivity contribution is 7.09. The Kier molecular flexibility index (Phi) is 11.2. The zero-order valence-electron chi connectivity index (χ0n) is 20.2. The third-order valence-electron chi connectivity index (χ3n) is 5.39. The van der Waals surface area contributed by atoms with Crippen molar-refractivity contribution >= 4 is 34.9 Å². The number of hydrogen-bond donors (Lipinski definition) is 3. The summed E-state index contributed by atoms with van der Waals surface area (Å²) < 4.78 is 69.6. The van der Waals surface area contributed by atoms with E-state index in [2.05, 4.69) is 25.6 Å². The second-order valence-corrected chi connectivity index (χ2v) is 9.44. The summed E-state index contributed by atoms with van der Waals surface area (Å²) in [5, 5.41) is 20.4. The first-order chi connectivity index (χ1) is 18.1. The fraction of sp³-hybridized carbons (Fsp3) is 0.500. The maximum Gasteiger partial charge on any atom is 0.490 e. The average Bonchev–Trinajstić information content (AvgIpc) is 3.45. The number of carboxylic acids is 2. The first-order valence-electron chi connectivity index (χ1n) is 11.2. The number of nitrogens with zero attached hydrogens (tertiary/aromatic N) is 3. The summed E-state index contributed by atoms with van der Waals surface area (Å²) in [5.41, 5.74) is 1.84. The molecule has 2 saturated heterocycles. The second kappa shape index (κ2) is 13.7. The summed E-state index contributed by atoms with van der Waals surface area (Å²) in [4.78, 5) is 41.2. The molecule has 0 aliphatic carbocycles. The highest BCUT2D eigenvalue weighted by Crippen LogP contribution is 2.34. The number of aryl methyl sites for hydroxylation is 1. The van der Waals surface area contributed by atoms with Gasteiger partial charge < -0.3 is 20.3 Å². The third kappa shape index (κ3) is 10.8. The Balaban J connectivity index is 0.000000317. The van der Waals surface area contributed by atoms with Crippen molar-refractivity contribution in [3.05, 3.63) is 40.6 Å². The number of rotatable bonds is 4. The monoisotopic (exact) mass is 586 g/mol. The zero-order chi connectivity index (χ0) is 29.4. The van der Waals surface area contributed by atoms with Gasteiger partial charge in [0.25, 0.3) is 5.91 Å². The Morgan fingerprint density at radius 1 is 1.15 bits per heavy atom. The fourth-order valence-corrected chi connectivity index (χ4v) is 4.28. The number of nitrogens with one attached hydrogen (secondary N) is 1. The molecule has 0 bridgehead atoms. The molecule has 10 nitrogen and oxygen atoms in total. The van der Waals surface area contributed by atoms with Crippen LogP contribution >= 0.6 is 11.3 Å². The van der Waals surface area contributed by atoms with Crippen molar-refractivity contribution in [2.75, 3.05) is 18.4 Å². The van der Waals surface area contributed by atoms with Crippen LogP contribution in [0.3, 0.4) is 0 Å². The summed E-state index contributed by atoms with van der Waals surface area (Å²) in [6.45, 7) is 4.81. The molecule has 0 aromatic carbocycles. The van der Waals surface area contributed by atoms with E-state index in [4.69, 9.17) is 24.5 Å². The largest absolute Gasteiger partial charge is 0.490 e. The van der Waals surface area contributed by atoms with Gasteiger partial charge in [0.05, 0.1) is 28.7 Å². The number of likely N-dealkylation sites (tertiary alicyclic amines) is 1. The van der Waals surface area contributed by atoms with E-state index < -0.39 is 24.3 Å². The molecule has 0 unspecified atom stereocenters. The van der Waals surface area contributed by atoms with Crippen LogP contribution in [0.2, 0.25) is 0 Å². The molecule has 4 rings (SSSR count). The van der Waals surface area contributed by atoms with E-state index in [-0.39, 0.29) is 18.1 Å². The van der Waals surface area contributed by atoms with Crippen LogP contribution in [0.4, 0.5) is 32.0 Å². The SMILES string of the molecule is Cc1nc(CN2CC[C@H]3C[C@H](C(=O)Nc4cccnc4)O[C@@H]3C2)cs1.O=C(O)C(F)(F)F.O=C(O)C(F)(F)F. The van der Waals surface area contributed by atoms with Crippen LogP contribution in [0.5, 0.6) is 0 Å². The highest BCUT2D eigenvalue weighted by atomic mass is 32.1. The van der Waals surface area contributed by atoms with Gasteiger partial charge in [-0.1, -0.05) is 0 Å². The molecule has 2 aromatic heterocycles. The average molecular weight is 587 g/mol. The number of piperidine rings is 1. The van der Waals surface area contributed by atoms with Crippen molar-refractivity contribution in [1.29, 1.82) is 0 Å². The van der Waals surface area contributed by atoms with E-state index in [1.807, 2.05) is 19.1 Å².